The average Bonchev–Trinajstić information content (AvgIpc) is 3.04. The maximum absolute atomic E-state index is 11.4. The quantitative estimate of drug-likeness (QED) is 0.895. The first-order valence-electron chi connectivity index (χ1n) is 8.31. The summed E-state index contributed by atoms with van der Waals surface area (Å²) in [7, 11) is 4.26. The van der Waals surface area contributed by atoms with Crippen LogP contribution < -0.4 is 5.32 Å². The molecule has 1 saturated carbocycles. The van der Waals surface area contributed by atoms with Crippen LogP contribution in [0.15, 0.2) is 12.1 Å². The van der Waals surface area contributed by atoms with Gasteiger partial charge in [0.2, 0.25) is 0 Å². The zero-order valence-corrected chi connectivity index (χ0v) is 13.2. The fourth-order valence-electron chi connectivity index (χ4n) is 4.99. The number of anilines is 1. The molecule has 3 nitrogen and oxygen atoms in total. The molecular formula is C18H26N2O. The zero-order valence-electron chi connectivity index (χ0n) is 13.2. The number of likely N-dealkylation sites (N-methyl/N-ethyl adjacent to an activating group) is 1. The predicted molar refractivity (Wildman–Crippen MR) is 86.0 cm³/mol. The fraction of sp³-hybridized carbons (Fsp3) is 0.667. The van der Waals surface area contributed by atoms with E-state index in [1.807, 2.05) is 0 Å². The Hall–Kier alpha value is -1.06. The van der Waals surface area contributed by atoms with E-state index >= 15 is 0 Å². The smallest absolute Gasteiger partial charge is 0.0759 e. The highest BCUT2D eigenvalue weighted by molar-refractivity contribution is 5.64. The van der Waals surface area contributed by atoms with Crippen LogP contribution in [0, 0.1) is 0 Å². The molecule has 4 rings (SSSR count). The maximum atomic E-state index is 11.4. The molecule has 1 heterocycles. The number of nitrogens with one attached hydrogen (secondary N) is 1. The largest absolute Gasteiger partial charge is 0.389 e. The summed E-state index contributed by atoms with van der Waals surface area (Å²) in [5.41, 5.74) is 5.09. The topological polar surface area (TPSA) is 35.5 Å². The molecule has 1 aliphatic heterocycles. The molecule has 0 saturated heterocycles. The molecule has 1 aromatic rings. The number of aliphatic hydroxyl groups is 1. The third-order valence-corrected chi connectivity index (χ3v) is 5.95. The summed E-state index contributed by atoms with van der Waals surface area (Å²) in [4.78, 5) is 2.25. The summed E-state index contributed by atoms with van der Waals surface area (Å²) < 4.78 is 0. The highest BCUT2D eigenvalue weighted by Gasteiger charge is 2.58. The van der Waals surface area contributed by atoms with Crippen LogP contribution in [0.25, 0.3) is 0 Å². The minimum Gasteiger partial charge on any atom is -0.389 e. The number of benzene rings is 1. The highest BCUT2D eigenvalue weighted by Crippen LogP contribution is 2.55. The Morgan fingerprint density at radius 2 is 1.95 bits per heavy atom. The van der Waals surface area contributed by atoms with Crippen molar-refractivity contribution >= 4 is 5.69 Å². The Labute approximate surface area is 127 Å². The summed E-state index contributed by atoms with van der Waals surface area (Å²) >= 11 is 0. The number of fused-ring (bicyclic) bond motifs is 2. The Morgan fingerprint density at radius 1 is 1.19 bits per heavy atom. The van der Waals surface area contributed by atoms with Gasteiger partial charge in [0.05, 0.1) is 5.60 Å². The van der Waals surface area contributed by atoms with Crippen molar-refractivity contribution in [3.8, 4) is 0 Å². The molecule has 1 fully saturated rings. The van der Waals surface area contributed by atoms with Crippen LogP contribution in [0.4, 0.5) is 5.69 Å². The summed E-state index contributed by atoms with van der Waals surface area (Å²) in [5.74, 6) is 0. The average molecular weight is 286 g/mol. The lowest BCUT2D eigenvalue weighted by Crippen LogP contribution is -2.61. The Kier molecular flexibility index (Phi) is 2.89. The Bertz CT molecular complexity index is 575. The molecule has 21 heavy (non-hydrogen) atoms. The van der Waals surface area contributed by atoms with Crippen molar-refractivity contribution in [3.63, 3.8) is 0 Å². The zero-order chi connectivity index (χ0) is 14.7. The van der Waals surface area contributed by atoms with E-state index in [2.05, 4.69) is 36.4 Å². The summed E-state index contributed by atoms with van der Waals surface area (Å²) in [6.07, 6.45) is 6.46. The maximum Gasteiger partial charge on any atom is 0.0759 e. The van der Waals surface area contributed by atoms with Crippen molar-refractivity contribution in [1.82, 2.24) is 4.90 Å². The second kappa shape index (κ2) is 4.47. The first kappa shape index (κ1) is 13.6. The third kappa shape index (κ3) is 1.80. The van der Waals surface area contributed by atoms with E-state index < -0.39 is 5.60 Å². The van der Waals surface area contributed by atoms with Gasteiger partial charge in [-0.25, -0.2) is 0 Å². The number of hydrogen-bond donors (Lipinski definition) is 2. The normalized spacial score (nSPS) is 29.0. The van der Waals surface area contributed by atoms with Crippen molar-refractivity contribution in [2.75, 3.05) is 32.5 Å². The van der Waals surface area contributed by atoms with Crippen molar-refractivity contribution in [1.29, 1.82) is 0 Å². The van der Waals surface area contributed by atoms with Crippen molar-refractivity contribution < 1.29 is 5.11 Å². The van der Waals surface area contributed by atoms with E-state index in [1.54, 1.807) is 0 Å². The molecule has 2 N–H and O–H groups in total. The molecule has 3 heteroatoms. The van der Waals surface area contributed by atoms with Gasteiger partial charge < -0.3 is 15.3 Å². The summed E-state index contributed by atoms with van der Waals surface area (Å²) in [5, 5.41) is 14.9. The van der Waals surface area contributed by atoms with Crippen LogP contribution in [0.5, 0.6) is 0 Å². The minimum absolute atomic E-state index is 0.0539. The molecule has 1 aromatic carbocycles. The molecule has 1 atom stereocenters. The second-order valence-corrected chi connectivity index (χ2v) is 7.58. The van der Waals surface area contributed by atoms with Crippen LogP contribution in [-0.2, 0) is 18.3 Å². The molecule has 0 amide bonds. The Morgan fingerprint density at radius 3 is 2.67 bits per heavy atom. The van der Waals surface area contributed by atoms with E-state index in [4.69, 9.17) is 0 Å². The van der Waals surface area contributed by atoms with Crippen LogP contribution >= 0.6 is 0 Å². The summed E-state index contributed by atoms with van der Waals surface area (Å²) in [6, 6.07) is 4.73. The van der Waals surface area contributed by atoms with Crippen LogP contribution in [-0.4, -0.2) is 42.8 Å². The van der Waals surface area contributed by atoms with E-state index in [0.717, 1.165) is 38.8 Å². The molecule has 0 spiro atoms. The van der Waals surface area contributed by atoms with Crippen LogP contribution in [0.1, 0.15) is 42.4 Å². The van der Waals surface area contributed by atoms with E-state index in [1.165, 1.54) is 35.2 Å². The van der Waals surface area contributed by atoms with Gasteiger partial charge in [-0.1, -0.05) is 18.9 Å². The lowest BCUT2D eigenvalue weighted by Gasteiger charge is -2.54. The first-order valence-corrected chi connectivity index (χ1v) is 8.31. The van der Waals surface area contributed by atoms with Gasteiger partial charge in [-0.3, -0.25) is 0 Å². The van der Waals surface area contributed by atoms with Gasteiger partial charge >= 0.3 is 0 Å². The van der Waals surface area contributed by atoms with E-state index in [-0.39, 0.29) is 5.41 Å². The molecule has 0 bridgehead atoms. The highest BCUT2D eigenvalue weighted by atomic mass is 16.3. The minimum atomic E-state index is -0.503. The monoisotopic (exact) mass is 286 g/mol. The van der Waals surface area contributed by atoms with Crippen LogP contribution in [0.2, 0.25) is 0 Å². The lowest BCUT2D eigenvalue weighted by molar-refractivity contribution is -0.0563. The van der Waals surface area contributed by atoms with Gasteiger partial charge in [-0.15, -0.1) is 0 Å². The number of rotatable bonds is 3. The molecule has 2 aliphatic carbocycles. The van der Waals surface area contributed by atoms with Crippen molar-refractivity contribution in [2.45, 2.75) is 49.5 Å². The summed E-state index contributed by atoms with van der Waals surface area (Å²) in [6.45, 7) is 2.01. The van der Waals surface area contributed by atoms with Crippen molar-refractivity contribution in [3.05, 3.63) is 28.8 Å². The number of nitrogens with zero attached hydrogens (tertiary/aromatic N) is 1. The molecule has 3 aliphatic rings. The van der Waals surface area contributed by atoms with Gasteiger partial charge in [0.25, 0.3) is 0 Å². The predicted octanol–water partition coefficient (Wildman–Crippen LogP) is 2.32. The fourth-order valence-corrected chi connectivity index (χ4v) is 4.99. The molecule has 1 unspecified atom stereocenters. The second-order valence-electron chi connectivity index (χ2n) is 7.58. The van der Waals surface area contributed by atoms with Gasteiger partial charge in [0.1, 0.15) is 0 Å². The molecule has 0 radical (unpaired) electrons. The standard InChI is InChI=1S/C18H26N2O/c1-20(2)12-17(18(21)6-3-4-7-18)11-14-9-13-5-8-19-16(13)10-15(14)17/h9-10,19,21H,3-8,11-12H2,1-2H3. The lowest BCUT2D eigenvalue weighted by atomic mass is 9.54. The van der Waals surface area contributed by atoms with Gasteiger partial charge in [0, 0.05) is 24.2 Å². The van der Waals surface area contributed by atoms with Gasteiger partial charge in [-0.05, 0) is 62.5 Å². The van der Waals surface area contributed by atoms with Crippen molar-refractivity contribution in [2.24, 2.45) is 0 Å². The van der Waals surface area contributed by atoms with Gasteiger partial charge in [0.15, 0.2) is 0 Å². The first-order chi connectivity index (χ1) is 10.0. The van der Waals surface area contributed by atoms with E-state index in [0.29, 0.717) is 0 Å². The van der Waals surface area contributed by atoms with Gasteiger partial charge in [-0.2, -0.15) is 0 Å². The third-order valence-electron chi connectivity index (χ3n) is 5.95. The molecule has 0 aromatic heterocycles. The Balaban J connectivity index is 1.79. The van der Waals surface area contributed by atoms with Crippen LogP contribution in [0.3, 0.4) is 0 Å². The SMILES string of the molecule is CN(C)CC1(C2(O)CCCC2)Cc2cc3c(cc21)NCC3. The molecular weight excluding hydrogens is 260 g/mol. The number of hydrogen-bond acceptors (Lipinski definition) is 3. The van der Waals surface area contributed by atoms with E-state index in [9.17, 15) is 5.11 Å². The molecule has 114 valence electrons.